The summed E-state index contributed by atoms with van der Waals surface area (Å²) in [4.78, 5) is 0.988. The molecule has 2 atom stereocenters. The molecule has 0 fully saturated rings. The van der Waals surface area contributed by atoms with Gasteiger partial charge in [-0.1, -0.05) is 6.92 Å². The Hall–Kier alpha value is 0.100. The maximum atomic E-state index is 9.84. The fourth-order valence-corrected chi connectivity index (χ4v) is 2.73. The lowest BCUT2D eigenvalue weighted by molar-refractivity contribution is 0.125. The molecule has 2 unspecified atom stereocenters. The quantitative estimate of drug-likeness (QED) is 0.880. The molecule has 0 aliphatic rings. The minimum atomic E-state index is -0.431. The van der Waals surface area contributed by atoms with Crippen LogP contribution in [-0.4, -0.2) is 11.7 Å². The van der Waals surface area contributed by atoms with Crippen molar-refractivity contribution in [2.45, 2.75) is 20.0 Å². The number of thiophene rings is 1. The van der Waals surface area contributed by atoms with Crippen molar-refractivity contribution in [1.29, 1.82) is 0 Å². The minimum absolute atomic E-state index is 0.116. The standard InChI is InChI=1S/C9H14BrNOS/c1-5-3-7(13-9(5)10)8(12)6(2)4-11/h3,6,8,12H,4,11H2,1-2H3. The van der Waals surface area contributed by atoms with Gasteiger partial charge < -0.3 is 10.8 Å². The number of halogens is 1. The van der Waals surface area contributed by atoms with E-state index in [0.29, 0.717) is 6.54 Å². The summed E-state index contributed by atoms with van der Waals surface area (Å²) < 4.78 is 1.09. The lowest BCUT2D eigenvalue weighted by atomic mass is 10.0. The van der Waals surface area contributed by atoms with Gasteiger partial charge >= 0.3 is 0 Å². The zero-order valence-corrected chi connectivity index (χ0v) is 10.2. The molecule has 0 saturated carbocycles. The number of aliphatic hydroxyl groups is 1. The second kappa shape index (κ2) is 4.55. The molecule has 1 heterocycles. The molecule has 0 aliphatic carbocycles. The highest BCUT2D eigenvalue weighted by Gasteiger charge is 2.17. The third kappa shape index (κ3) is 2.53. The second-order valence-corrected chi connectivity index (χ2v) is 5.66. The molecule has 0 aromatic carbocycles. The minimum Gasteiger partial charge on any atom is -0.387 e. The van der Waals surface area contributed by atoms with Crippen molar-refractivity contribution in [1.82, 2.24) is 0 Å². The topological polar surface area (TPSA) is 46.2 Å². The maximum absolute atomic E-state index is 9.84. The monoisotopic (exact) mass is 263 g/mol. The summed E-state index contributed by atoms with van der Waals surface area (Å²) in [6.45, 7) is 4.48. The van der Waals surface area contributed by atoms with Crippen molar-refractivity contribution in [3.63, 3.8) is 0 Å². The van der Waals surface area contributed by atoms with Crippen molar-refractivity contribution in [2.75, 3.05) is 6.54 Å². The summed E-state index contributed by atoms with van der Waals surface area (Å²) in [5.41, 5.74) is 6.66. The number of hydrogen-bond donors (Lipinski definition) is 2. The average molecular weight is 264 g/mol. The predicted molar refractivity (Wildman–Crippen MR) is 59.9 cm³/mol. The summed E-state index contributed by atoms with van der Waals surface area (Å²) >= 11 is 5.01. The first-order chi connectivity index (χ1) is 6.06. The zero-order chi connectivity index (χ0) is 10.0. The lowest BCUT2D eigenvalue weighted by Crippen LogP contribution is -2.17. The van der Waals surface area contributed by atoms with Crippen LogP contribution >= 0.6 is 27.3 Å². The summed E-state index contributed by atoms with van der Waals surface area (Å²) in [5, 5.41) is 9.84. The molecule has 1 aromatic heterocycles. The number of aryl methyl sites for hydroxylation is 1. The molecule has 0 aliphatic heterocycles. The largest absolute Gasteiger partial charge is 0.387 e. The van der Waals surface area contributed by atoms with Crippen molar-refractivity contribution in [2.24, 2.45) is 11.7 Å². The van der Waals surface area contributed by atoms with E-state index >= 15 is 0 Å². The first-order valence-electron chi connectivity index (χ1n) is 4.20. The van der Waals surface area contributed by atoms with Gasteiger partial charge in [0, 0.05) is 4.88 Å². The Bertz CT molecular complexity index is 268. The van der Waals surface area contributed by atoms with E-state index in [0.717, 1.165) is 8.66 Å². The normalized spacial score (nSPS) is 15.8. The highest BCUT2D eigenvalue weighted by atomic mass is 79.9. The van der Waals surface area contributed by atoms with Crippen LogP contribution in [0.2, 0.25) is 0 Å². The number of rotatable bonds is 3. The third-order valence-electron chi connectivity index (χ3n) is 2.08. The first kappa shape index (κ1) is 11.2. The second-order valence-electron chi connectivity index (χ2n) is 3.26. The number of aliphatic hydroxyl groups excluding tert-OH is 1. The molecular formula is C9H14BrNOS. The van der Waals surface area contributed by atoms with Gasteiger partial charge in [-0.15, -0.1) is 11.3 Å². The molecule has 0 radical (unpaired) electrons. The molecule has 1 rings (SSSR count). The molecule has 13 heavy (non-hydrogen) atoms. The molecule has 74 valence electrons. The van der Waals surface area contributed by atoms with Gasteiger partial charge in [-0.3, -0.25) is 0 Å². The molecule has 4 heteroatoms. The van der Waals surface area contributed by atoms with E-state index in [9.17, 15) is 5.11 Å². The van der Waals surface area contributed by atoms with Gasteiger partial charge in [0.25, 0.3) is 0 Å². The van der Waals surface area contributed by atoms with Crippen LogP contribution in [0.1, 0.15) is 23.5 Å². The maximum Gasteiger partial charge on any atom is 0.0919 e. The summed E-state index contributed by atoms with van der Waals surface area (Å²) in [6.07, 6.45) is -0.431. The average Bonchev–Trinajstić information content (AvgIpc) is 2.44. The first-order valence-corrected chi connectivity index (χ1v) is 5.81. The molecule has 0 saturated heterocycles. The molecule has 1 aromatic rings. The van der Waals surface area contributed by atoms with Gasteiger partial charge in [-0.25, -0.2) is 0 Å². The Morgan fingerprint density at radius 2 is 2.31 bits per heavy atom. The summed E-state index contributed by atoms with van der Waals surface area (Å²) in [5.74, 6) is 0.116. The molecule has 2 nitrogen and oxygen atoms in total. The molecule has 0 spiro atoms. The smallest absolute Gasteiger partial charge is 0.0919 e. The van der Waals surface area contributed by atoms with Gasteiger partial charge in [0.05, 0.1) is 9.89 Å². The predicted octanol–water partition coefficient (Wildman–Crippen LogP) is 2.45. The Labute approximate surface area is 90.9 Å². The van der Waals surface area contributed by atoms with Crippen molar-refractivity contribution >= 4 is 27.3 Å². The van der Waals surface area contributed by atoms with E-state index in [1.54, 1.807) is 11.3 Å². The van der Waals surface area contributed by atoms with Crippen LogP contribution in [0.4, 0.5) is 0 Å². The van der Waals surface area contributed by atoms with Crippen molar-refractivity contribution < 1.29 is 5.11 Å². The van der Waals surface area contributed by atoms with Crippen LogP contribution in [0, 0.1) is 12.8 Å². The Morgan fingerprint density at radius 3 is 2.69 bits per heavy atom. The lowest BCUT2D eigenvalue weighted by Gasteiger charge is -2.14. The molecule has 0 amide bonds. The van der Waals surface area contributed by atoms with Crippen LogP contribution in [0.25, 0.3) is 0 Å². The van der Waals surface area contributed by atoms with E-state index in [1.165, 1.54) is 5.56 Å². The Balaban J connectivity index is 2.82. The van der Waals surface area contributed by atoms with Gasteiger partial charge in [-0.2, -0.15) is 0 Å². The Kier molecular flexibility index (Phi) is 3.91. The van der Waals surface area contributed by atoms with Crippen molar-refractivity contribution in [3.8, 4) is 0 Å². The SMILES string of the molecule is Cc1cc(C(O)C(C)CN)sc1Br. The fourth-order valence-electron chi connectivity index (χ4n) is 1.04. The Morgan fingerprint density at radius 1 is 1.69 bits per heavy atom. The number of nitrogens with two attached hydrogens (primary N) is 1. The highest BCUT2D eigenvalue weighted by Crippen LogP contribution is 2.33. The van der Waals surface area contributed by atoms with Crippen LogP contribution in [0.15, 0.2) is 9.85 Å². The zero-order valence-electron chi connectivity index (χ0n) is 7.75. The third-order valence-corrected chi connectivity index (χ3v) is 4.29. The van der Waals surface area contributed by atoms with Crippen molar-refractivity contribution in [3.05, 3.63) is 20.3 Å². The summed E-state index contributed by atoms with van der Waals surface area (Å²) in [7, 11) is 0. The molecular weight excluding hydrogens is 250 g/mol. The van der Waals surface area contributed by atoms with Gasteiger partial charge in [0.1, 0.15) is 0 Å². The fraction of sp³-hybridized carbons (Fsp3) is 0.556. The van der Waals surface area contributed by atoms with E-state index in [4.69, 9.17) is 5.73 Å². The van der Waals surface area contributed by atoms with E-state index < -0.39 is 6.10 Å². The van der Waals surface area contributed by atoms with E-state index in [2.05, 4.69) is 15.9 Å². The van der Waals surface area contributed by atoms with Gasteiger partial charge in [-0.05, 0) is 46.9 Å². The highest BCUT2D eigenvalue weighted by molar-refractivity contribution is 9.11. The van der Waals surface area contributed by atoms with Crippen LogP contribution in [0.3, 0.4) is 0 Å². The van der Waals surface area contributed by atoms with Gasteiger partial charge in [0.15, 0.2) is 0 Å². The van der Waals surface area contributed by atoms with Gasteiger partial charge in [0.2, 0.25) is 0 Å². The molecule has 0 bridgehead atoms. The van der Waals surface area contributed by atoms with Crippen LogP contribution in [0.5, 0.6) is 0 Å². The van der Waals surface area contributed by atoms with E-state index in [1.807, 2.05) is 19.9 Å². The summed E-state index contributed by atoms with van der Waals surface area (Å²) in [6, 6.07) is 2.01. The van der Waals surface area contributed by atoms with Crippen LogP contribution < -0.4 is 5.73 Å². The molecule has 3 N–H and O–H groups in total. The number of hydrogen-bond acceptors (Lipinski definition) is 3. The van der Waals surface area contributed by atoms with Crippen LogP contribution in [-0.2, 0) is 0 Å². The van der Waals surface area contributed by atoms with E-state index in [-0.39, 0.29) is 5.92 Å².